The Bertz CT molecular complexity index is 1390. The van der Waals surface area contributed by atoms with Crippen molar-refractivity contribution < 1.29 is 29.1 Å². The summed E-state index contributed by atoms with van der Waals surface area (Å²) in [6, 6.07) is 11.5. The van der Waals surface area contributed by atoms with Crippen LogP contribution < -0.4 is 33.2 Å². The van der Waals surface area contributed by atoms with Gasteiger partial charge in [0.15, 0.2) is 5.96 Å². The summed E-state index contributed by atoms with van der Waals surface area (Å²) in [6.07, 6.45) is 3.44. The lowest BCUT2D eigenvalue weighted by atomic mass is 10.0. The van der Waals surface area contributed by atoms with Crippen LogP contribution in [0.3, 0.4) is 0 Å². The van der Waals surface area contributed by atoms with E-state index in [4.69, 9.17) is 17.2 Å². The minimum absolute atomic E-state index is 0.0612. The largest absolute Gasteiger partial charge is 0.508 e. The van der Waals surface area contributed by atoms with Crippen molar-refractivity contribution in [3.05, 3.63) is 65.7 Å². The molecule has 1 aliphatic rings. The standard InChI is InChI=1S/C31H42N8O6S/c1-46-15-13-22(37-29(44)23(38-31(33)34)16-20-9-11-21(40)12-10-20)28(43)35-18-26(41)36-24(17-19-6-3-2-4-7-19)30(45)39-14-5-8-25(39)27(32)42/h2-4,6-7,9-12,22-25,40H,5,8,13-18H2,1H3,(H2,32,42)(H,35,43)(H,36,41)(H,37,44)(H4,33,34,38)/t22-,23+,24+,25+/m1/s1. The molecular weight excluding hydrogens is 612 g/mol. The van der Waals surface area contributed by atoms with Crippen molar-refractivity contribution in [3.8, 4) is 5.75 Å². The zero-order valence-electron chi connectivity index (χ0n) is 25.7. The predicted octanol–water partition coefficient (Wildman–Crippen LogP) is -0.865. The number of aliphatic imine (C=N–C) groups is 1. The Morgan fingerprint density at radius 3 is 2.24 bits per heavy atom. The number of nitrogens with one attached hydrogen (secondary N) is 3. The lowest BCUT2D eigenvalue weighted by molar-refractivity contribution is -0.140. The molecule has 5 amide bonds. The molecule has 0 saturated carbocycles. The number of likely N-dealkylation sites (tertiary alicyclic amines) is 1. The molecule has 0 spiro atoms. The molecule has 14 nitrogen and oxygen atoms in total. The zero-order chi connectivity index (χ0) is 33.6. The van der Waals surface area contributed by atoms with Crippen LogP contribution in [0.4, 0.5) is 0 Å². The third-order valence-electron chi connectivity index (χ3n) is 7.42. The number of nitrogens with two attached hydrogens (primary N) is 3. The number of guanidine groups is 1. The average molecular weight is 655 g/mol. The van der Waals surface area contributed by atoms with Crippen molar-refractivity contribution in [2.45, 2.75) is 56.3 Å². The van der Waals surface area contributed by atoms with Gasteiger partial charge in [0.1, 0.15) is 29.9 Å². The topological polar surface area (TPSA) is 235 Å². The maximum absolute atomic E-state index is 13.5. The van der Waals surface area contributed by atoms with Crippen LogP contribution in [0.1, 0.15) is 30.4 Å². The van der Waals surface area contributed by atoms with E-state index in [0.29, 0.717) is 30.7 Å². The SMILES string of the molecule is CSCC[C@@H](NC(=O)[C@H](Cc1ccc(O)cc1)N=C(N)N)C(=O)NCC(=O)N[C@@H](Cc1ccccc1)C(=O)N1CCC[C@H]1C(N)=O. The summed E-state index contributed by atoms with van der Waals surface area (Å²) in [5, 5.41) is 17.5. The molecule has 4 atom stereocenters. The first-order chi connectivity index (χ1) is 22.0. The van der Waals surface area contributed by atoms with Gasteiger partial charge in [0.05, 0.1) is 6.54 Å². The van der Waals surface area contributed by atoms with E-state index >= 15 is 0 Å². The molecule has 10 N–H and O–H groups in total. The second-order valence-electron chi connectivity index (χ2n) is 10.9. The zero-order valence-corrected chi connectivity index (χ0v) is 26.5. The number of benzene rings is 2. The van der Waals surface area contributed by atoms with Gasteiger partial charge in [-0.05, 0) is 54.5 Å². The summed E-state index contributed by atoms with van der Waals surface area (Å²) in [6.45, 7) is -0.123. The van der Waals surface area contributed by atoms with Crippen molar-refractivity contribution in [1.29, 1.82) is 0 Å². The number of rotatable bonds is 16. The number of primary amides is 1. The normalized spacial score (nSPS) is 16.0. The molecule has 15 heteroatoms. The van der Waals surface area contributed by atoms with E-state index in [-0.39, 0.29) is 31.0 Å². The molecule has 0 bridgehead atoms. The van der Waals surface area contributed by atoms with Crippen LogP contribution >= 0.6 is 11.8 Å². The highest BCUT2D eigenvalue weighted by Crippen LogP contribution is 2.19. The quantitative estimate of drug-likeness (QED) is 0.0879. The van der Waals surface area contributed by atoms with E-state index in [0.717, 1.165) is 5.56 Å². The third-order valence-corrected chi connectivity index (χ3v) is 8.06. The molecule has 0 aromatic heterocycles. The van der Waals surface area contributed by atoms with Gasteiger partial charge in [0.2, 0.25) is 29.5 Å². The number of thioether (sulfide) groups is 1. The molecule has 1 aliphatic heterocycles. The van der Waals surface area contributed by atoms with Gasteiger partial charge in [0.25, 0.3) is 0 Å². The third kappa shape index (κ3) is 11.0. The minimum atomic E-state index is -1.05. The second-order valence-corrected chi connectivity index (χ2v) is 11.9. The van der Waals surface area contributed by atoms with Gasteiger partial charge in [-0.3, -0.25) is 24.0 Å². The van der Waals surface area contributed by atoms with E-state index in [1.165, 1.54) is 28.8 Å². The minimum Gasteiger partial charge on any atom is -0.508 e. The molecule has 3 rings (SSSR count). The van der Waals surface area contributed by atoms with Crippen LogP contribution in [0.25, 0.3) is 0 Å². The van der Waals surface area contributed by atoms with Crippen molar-refractivity contribution in [2.24, 2.45) is 22.2 Å². The molecule has 2 aromatic carbocycles. The van der Waals surface area contributed by atoms with Crippen molar-refractivity contribution in [1.82, 2.24) is 20.9 Å². The van der Waals surface area contributed by atoms with E-state index in [9.17, 15) is 29.1 Å². The predicted molar refractivity (Wildman–Crippen MR) is 175 cm³/mol. The van der Waals surface area contributed by atoms with E-state index in [2.05, 4.69) is 20.9 Å². The highest BCUT2D eigenvalue weighted by molar-refractivity contribution is 7.98. The van der Waals surface area contributed by atoms with E-state index in [1.807, 2.05) is 36.6 Å². The Kier molecular flexibility index (Phi) is 13.7. The number of aromatic hydroxyl groups is 1. The molecule has 1 fully saturated rings. The number of phenolic OH excluding ortho intramolecular Hbond substituents is 1. The second kappa shape index (κ2) is 17.6. The molecule has 1 heterocycles. The summed E-state index contributed by atoms with van der Waals surface area (Å²) in [4.78, 5) is 70.4. The summed E-state index contributed by atoms with van der Waals surface area (Å²) in [5.41, 5.74) is 18.1. The van der Waals surface area contributed by atoms with Crippen LogP contribution in [-0.4, -0.2) is 94.8 Å². The average Bonchev–Trinajstić information content (AvgIpc) is 3.53. The van der Waals surface area contributed by atoms with E-state index in [1.54, 1.807) is 12.1 Å². The van der Waals surface area contributed by atoms with Crippen LogP contribution in [0.15, 0.2) is 59.6 Å². The smallest absolute Gasteiger partial charge is 0.246 e. The number of hydrogen-bond acceptors (Lipinski definition) is 8. The van der Waals surface area contributed by atoms with Crippen LogP contribution in [0, 0.1) is 0 Å². The molecule has 46 heavy (non-hydrogen) atoms. The number of carbonyl (C=O) groups is 5. The Hall–Kier alpha value is -4.79. The monoisotopic (exact) mass is 654 g/mol. The lowest BCUT2D eigenvalue weighted by Crippen LogP contribution is -2.56. The first-order valence-corrected chi connectivity index (χ1v) is 16.2. The number of nitrogens with zero attached hydrogens (tertiary/aromatic N) is 2. The summed E-state index contributed by atoms with van der Waals surface area (Å²) in [7, 11) is 0. The lowest BCUT2D eigenvalue weighted by Gasteiger charge is -2.28. The fourth-order valence-corrected chi connectivity index (χ4v) is 5.59. The Morgan fingerprint density at radius 2 is 1.61 bits per heavy atom. The highest BCUT2D eigenvalue weighted by atomic mass is 32.2. The van der Waals surface area contributed by atoms with Crippen LogP contribution in [-0.2, 0) is 36.8 Å². The highest BCUT2D eigenvalue weighted by Gasteiger charge is 2.37. The number of carbonyl (C=O) groups excluding carboxylic acids is 5. The molecule has 0 radical (unpaired) electrons. The van der Waals surface area contributed by atoms with Crippen LogP contribution in [0.2, 0.25) is 0 Å². The van der Waals surface area contributed by atoms with Crippen molar-refractivity contribution in [3.63, 3.8) is 0 Å². The molecule has 0 aliphatic carbocycles. The van der Waals surface area contributed by atoms with Gasteiger partial charge in [-0.2, -0.15) is 11.8 Å². The van der Waals surface area contributed by atoms with Gasteiger partial charge < -0.3 is 43.2 Å². The molecule has 248 valence electrons. The number of amides is 5. The fourth-order valence-electron chi connectivity index (χ4n) is 5.12. The van der Waals surface area contributed by atoms with Gasteiger partial charge in [-0.15, -0.1) is 0 Å². The van der Waals surface area contributed by atoms with Crippen LogP contribution in [0.5, 0.6) is 5.75 Å². The fraction of sp³-hybridized carbons (Fsp3) is 0.419. The maximum atomic E-state index is 13.5. The molecular formula is C31H42N8O6S. The number of phenols is 1. The van der Waals surface area contributed by atoms with Gasteiger partial charge in [0, 0.05) is 19.4 Å². The molecule has 0 unspecified atom stereocenters. The first kappa shape index (κ1) is 35.7. The van der Waals surface area contributed by atoms with Gasteiger partial charge in [-0.25, -0.2) is 4.99 Å². The summed E-state index contributed by atoms with van der Waals surface area (Å²) >= 11 is 1.47. The first-order valence-electron chi connectivity index (χ1n) is 14.8. The van der Waals surface area contributed by atoms with Gasteiger partial charge in [-0.1, -0.05) is 42.5 Å². The number of hydrogen-bond donors (Lipinski definition) is 7. The summed E-state index contributed by atoms with van der Waals surface area (Å²) < 4.78 is 0. The Morgan fingerprint density at radius 1 is 0.935 bits per heavy atom. The van der Waals surface area contributed by atoms with Crippen molar-refractivity contribution >= 4 is 47.3 Å². The summed E-state index contributed by atoms with van der Waals surface area (Å²) in [5.74, 6) is -2.60. The maximum Gasteiger partial charge on any atom is 0.246 e. The van der Waals surface area contributed by atoms with E-state index < -0.39 is 60.2 Å². The molecule has 2 aromatic rings. The molecule has 1 saturated heterocycles. The Labute approximate surface area is 271 Å². The Balaban J connectivity index is 1.67. The van der Waals surface area contributed by atoms with Gasteiger partial charge >= 0.3 is 0 Å². The van der Waals surface area contributed by atoms with Crippen molar-refractivity contribution in [2.75, 3.05) is 25.1 Å².